The van der Waals surface area contributed by atoms with E-state index >= 15 is 0 Å². The van der Waals surface area contributed by atoms with Gasteiger partial charge in [0.25, 0.3) is 0 Å². The van der Waals surface area contributed by atoms with Crippen molar-refractivity contribution in [3.63, 3.8) is 0 Å². The molecule has 5 nitrogen and oxygen atoms in total. The maximum Gasteiger partial charge on any atom is 0.335 e. The normalized spacial score (nSPS) is 14.9. The molecule has 2 aromatic rings. The van der Waals surface area contributed by atoms with Gasteiger partial charge in [-0.3, -0.25) is 4.90 Å². The van der Waals surface area contributed by atoms with Crippen LogP contribution in [0.2, 0.25) is 0 Å². The third-order valence-electron chi connectivity index (χ3n) is 4.58. The van der Waals surface area contributed by atoms with Crippen molar-refractivity contribution in [2.75, 3.05) is 39.5 Å². The molecule has 2 aromatic carbocycles. The summed E-state index contributed by atoms with van der Waals surface area (Å²) in [5.74, 6) is 0.000292. The van der Waals surface area contributed by atoms with Crippen molar-refractivity contribution < 1.29 is 19.4 Å². The van der Waals surface area contributed by atoms with E-state index in [0.29, 0.717) is 12.2 Å². The van der Waals surface area contributed by atoms with Crippen molar-refractivity contribution >= 4 is 5.97 Å². The number of hydrogen-bond acceptors (Lipinski definition) is 4. The van der Waals surface area contributed by atoms with Crippen LogP contribution in [-0.2, 0) is 17.6 Å². The van der Waals surface area contributed by atoms with Crippen LogP contribution in [-0.4, -0.2) is 55.4 Å². The number of aromatic carboxylic acids is 1. The molecule has 5 heteroatoms. The average Bonchev–Trinajstić information content (AvgIpc) is 2.68. The van der Waals surface area contributed by atoms with Gasteiger partial charge in [0.1, 0.15) is 12.4 Å². The highest BCUT2D eigenvalue weighted by Gasteiger charge is 2.09. The average molecular weight is 355 g/mol. The van der Waals surface area contributed by atoms with E-state index in [1.807, 2.05) is 18.2 Å². The quantitative estimate of drug-likeness (QED) is 0.789. The highest BCUT2D eigenvalue weighted by Crippen LogP contribution is 2.15. The van der Waals surface area contributed by atoms with Gasteiger partial charge < -0.3 is 14.6 Å². The van der Waals surface area contributed by atoms with Crippen LogP contribution in [0.3, 0.4) is 0 Å². The Morgan fingerprint density at radius 1 is 1.04 bits per heavy atom. The first-order chi connectivity index (χ1) is 12.7. The molecule has 1 aliphatic heterocycles. The smallest absolute Gasteiger partial charge is 0.335 e. The van der Waals surface area contributed by atoms with Crippen LogP contribution < -0.4 is 4.74 Å². The Morgan fingerprint density at radius 3 is 2.50 bits per heavy atom. The summed E-state index contributed by atoms with van der Waals surface area (Å²) >= 11 is 0. The van der Waals surface area contributed by atoms with E-state index in [9.17, 15) is 4.79 Å². The summed E-state index contributed by atoms with van der Waals surface area (Å²) in [7, 11) is 0. The Bertz CT molecular complexity index is 708. The van der Waals surface area contributed by atoms with Gasteiger partial charge in [-0.15, -0.1) is 0 Å². The zero-order valence-electron chi connectivity index (χ0n) is 14.9. The second-order valence-electron chi connectivity index (χ2n) is 6.45. The minimum atomic E-state index is -0.884. The minimum Gasteiger partial charge on any atom is -0.492 e. The van der Waals surface area contributed by atoms with Gasteiger partial charge in [0.2, 0.25) is 0 Å². The van der Waals surface area contributed by atoms with E-state index in [4.69, 9.17) is 14.6 Å². The molecule has 1 aliphatic rings. The van der Waals surface area contributed by atoms with E-state index in [0.717, 1.165) is 57.0 Å². The van der Waals surface area contributed by atoms with Crippen LogP contribution in [0, 0.1) is 0 Å². The number of rotatable bonds is 8. The molecule has 1 saturated heterocycles. The molecule has 0 saturated carbocycles. The standard InChI is InChI=1S/C21H25NO4/c23-21(24)19-3-1-2-18(16-19)5-4-17-6-8-20(9-7-17)26-15-12-22-10-13-25-14-11-22/h1-3,6-9,16H,4-5,10-15H2,(H,23,24). The molecule has 0 spiro atoms. The van der Waals surface area contributed by atoms with E-state index in [1.54, 1.807) is 18.2 Å². The van der Waals surface area contributed by atoms with Crippen LogP contribution in [0.4, 0.5) is 0 Å². The summed E-state index contributed by atoms with van der Waals surface area (Å²) < 4.78 is 11.2. The van der Waals surface area contributed by atoms with Gasteiger partial charge in [0.05, 0.1) is 18.8 Å². The Labute approximate surface area is 154 Å². The van der Waals surface area contributed by atoms with E-state index in [1.165, 1.54) is 5.56 Å². The van der Waals surface area contributed by atoms with Crippen LogP contribution in [0.1, 0.15) is 21.5 Å². The number of aryl methyl sites for hydroxylation is 2. The second-order valence-corrected chi connectivity index (χ2v) is 6.45. The minimum absolute atomic E-state index is 0.339. The van der Waals surface area contributed by atoms with Crippen LogP contribution in [0.15, 0.2) is 48.5 Å². The Morgan fingerprint density at radius 2 is 1.77 bits per heavy atom. The number of morpholine rings is 1. The van der Waals surface area contributed by atoms with Crippen molar-refractivity contribution in [1.82, 2.24) is 4.90 Å². The van der Waals surface area contributed by atoms with Crippen LogP contribution in [0.5, 0.6) is 5.75 Å². The monoisotopic (exact) mass is 355 g/mol. The highest BCUT2D eigenvalue weighted by atomic mass is 16.5. The summed E-state index contributed by atoms with van der Waals surface area (Å²) in [6, 6.07) is 15.3. The number of benzene rings is 2. The molecule has 1 N–H and O–H groups in total. The predicted octanol–water partition coefficient (Wildman–Crippen LogP) is 2.88. The van der Waals surface area contributed by atoms with Gasteiger partial charge in [0, 0.05) is 19.6 Å². The van der Waals surface area contributed by atoms with Gasteiger partial charge in [-0.1, -0.05) is 24.3 Å². The SMILES string of the molecule is O=C(O)c1cccc(CCc2ccc(OCCN3CCOCC3)cc2)c1. The molecule has 0 bridgehead atoms. The molecule has 0 radical (unpaired) electrons. The van der Waals surface area contributed by atoms with Gasteiger partial charge in [-0.25, -0.2) is 4.79 Å². The zero-order chi connectivity index (χ0) is 18.2. The van der Waals surface area contributed by atoms with Gasteiger partial charge in [0.15, 0.2) is 0 Å². The number of ether oxygens (including phenoxy) is 2. The van der Waals surface area contributed by atoms with Crippen molar-refractivity contribution in [1.29, 1.82) is 0 Å². The summed E-state index contributed by atoms with van der Waals surface area (Å²) in [5, 5.41) is 9.06. The maximum absolute atomic E-state index is 11.0. The number of hydrogen-bond donors (Lipinski definition) is 1. The molecule has 26 heavy (non-hydrogen) atoms. The molecule has 1 fully saturated rings. The Hall–Kier alpha value is -2.37. The van der Waals surface area contributed by atoms with Crippen molar-refractivity contribution in [3.05, 3.63) is 65.2 Å². The topological polar surface area (TPSA) is 59.0 Å². The predicted molar refractivity (Wildman–Crippen MR) is 100 cm³/mol. The molecule has 138 valence electrons. The summed E-state index contributed by atoms with van der Waals surface area (Å²) in [6.45, 7) is 5.18. The fourth-order valence-corrected chi connectivity index (χ4v) is 3.02. The summed E-state index contributed by atoms with van der Waals surface area (Å²) in [6.07, 6.45) is 1.69. The van der Waals surface area contributed by atoms with Gasteiger partial charge in [-0.05, 0) is 48.2 Å². The fraction of sp³-hybridized carbons (Fsp3) is 0.381. The van der Waals surface area contributed by atoms with Crippen LogP contribution >= 0.6 is 0 Å². The van der Waals surface area contributed by atoms with Crippen molar-refractivity contribution in [3.8, 4) is 5.75 Å². The lowest BCUT2D eigenvalue weighted by Crippen LogP contribution is -2.38. The summed E-state index contributed by atoms with van der Waals surface area (Å²) in [5.41, 5.74) is 2.59. The molecular weight excluding hydrogens is 330 g/mol. The van der Waals surface area contributed by atoms with Gasteiger partial charge in [-0.2, -0.15) is 0 Å². The molecule has 0 amide bonds. The molecule has 0 aliphatic carbocycles. The molecule has 3 rings (SSSR count). The zero-order valence-corrected chi connectivity index (χ0v) is 14.9. The first-order valence-electron chi connectivity index (χ1n) is 9.05. The van der Waals surface area contributed by atoms with Crippen molar-refractivity contribution in [2.24, 2.45) is 0 Å². The van der Waals surface area contributed by atoms with Crippen LogP contribution in [0.25, 0.3) is 0 Å². The summed E-state index contributed by atoms with van der Waals surface area (Å²) in [4.78, 5) is 13.4. The van der Waals surface area contributed by atoms with E-state index in [2.05, 4.69) is 17.0 Å². The largest absolute Gasteiger partial charge is 0.492 e. The lowest BCUT2D eigenvalue weighted by Gasteiger charge is -2.26. The number of carboxylic acids is 1. The maximum atomic E-state index is 11.0. The Kier molecular flexibility index (Phi) is 6.63. The lowest BCUT2D eigenvalue weighted by molar-refractivity contribution is 0.0322. The fourth-order valence-electron chi connectivity index (χ4n) is 3.02. The van der Waals surface area contributed by atoms with Crippen molar-refractivity contribution in [2.45, 2.75) is 12.8 Å². The highest BCUT2D eigenvalue weighted by molar-refractivity contribution is 5.87. The first kappa shape index (κ1) is 18.4. The molecule has 0 unspecified atom stereocenters. The number of nitrogens with zero attached hydrogens (tertiary/aromatic N) is 1. The molecule has 0 aromatic heterocycles. The van der Waals surface area contributed by atoms with E-state index in [-0.39, 0.29) is 0 Å². The van der Waals surface area contributed by atoms with Gasteiger partial charge >= 0.3 is 5.97 Å². The molecule has 0 atom stereocenters. The Balaban J connectivity index is 1.44. The second kappa shape index (κ2) is 9.36. The third kappa shape index (κ3) is 5.58. The first-order valence-corrected chi connectivity index (χ1v) is 9.05. The number of carbonyl (C=O) groups is 1. The molecular formula is C21H25NO4. The number of carboxylic acid groups (broad SMARTS) is 1. The third-order valence-corrected chi connectivity index (χ3v) is 4.58. The molecule has 1 heterocycles. The van der Waals surface area contributed by atoms with E-state index < -0.39 is 5.97 Å². The lowest BCUT2D eigenvalue weighted by atomic mass is 10.0.